The van der Waals surface area contributed by atoms with Crippen LogP contribution < -0.4 is 0 Å². The van der Waals surface area contributed by atoms with Crippen molar-refractivity contribution in [3.8, 4) is 0 Å². The standard InChI is InChI=1S/C31H46O4/c1-18(2)26-23(34)16-31(17-32)15-14-29(6)22(27(26)31)8-9-25-28(5)12-11-24(35-20(4)33)19(3)21(28)10-13-30(25,29)7/h17-19,21-22,24-25H,8-16H2,1-7H3/t19-,21+,22-,24+,25-,28+,29-,30-,31+/m1/s1. The van der Waals surface area contributed by atoms with Crippen LogP contribution in [0.3, 0.4) is 0 Å². The van der Waals surface area contributed by atoms with E-state index in [9.17, 15) is 14.4 Å². The Kier molecular flexibility index (Phi) is 5.78. The molecule has 0 bridgehead atoms. The molecule has 5 aliphatic rings. The van der Waals surface area contributed by atoms with Crippen molar-refractivity contribution < 1.29 is 19.1 Å². The third kappa shape index (κ3) is 3.19. The Morgan fingerprint density at radius 2 is 1.71 bits per heavy atom. The Morgan fingerprint density at radius 1 is 1.00 bits per heavy atom. The first-order valence-corrected chi connectivity index (χ1v) is 14.3. The van der Waals surface area contributed by atoms with Gasteiger partial charge in [-0.2, -0.15) is 0 Å². The summed E-state index contributed by atoms with van der Waals surface area (Å²) < 4.78 is 5.77. The third-order valence-electron chi connectivity index (χ3n) is 12.6. The monoisotopic (exact) mass is 482 g/mol. The summed E-state index contributed by atoms with van der Waals surface area (Å²) in [6, 6.07) is 0. The van der Waals surface area contributed by atoms with E-state index in [1.807, 2.05) is 0 Å². The number of carbonyl (C=O) groups excluding carboxylic acids is 3. The van der Waals surface area contributed by atoms with E-state index in [0.29, 0.717) is 30.1 Å². The van der Waals surface area contributed by atoms with Crippen LogP contribution in [0.1, 0.15) is 106 Å². The van der Waals surface area contributed by atoms with Crippen molar-refractivity contribution in [2.75, 3.05) is 0 Å². The summed E-state index contributed by atoms with van der Waals surface area (Å²) in [7, 11) is 0. The maximum absolute atomic E-state index is 13.2. The lowest BCUT2D eigenvalue weighted by atomic mass is 9.34. The molecule has 0 aromatic heterocycles. The molecule has 0 radical (unpaired) electrons. The highest BCUT2D eigenvalue weighted by Crippen LogP contribution is 2.75. The molecule has 0 saturated heterocycles. The quantitative estimate of drug-likeness (QED) is 0.331. The fourth-order valence-corrected chi connectivity index (χ4v) is 10.8. The zero-order valence-corrected chi connectivity index (χ0v) is 23.0. The van der Waals surface area contributed by atoms with Crippen molar-refractivity contribution in [1.82, 2.24) is 0 Å². The summed E-state index contributed by atoms with van der Waals surface area (Å²) in [6.07, 6.45) is 10.2. The second-order valence-corrected chi connectivity index (χ2v) is 14.1. The molecule has 0 aromatic carbocycles. The molecule has 194 valence electrons. The normalized spacial score (nSPS) is 49.1. The molecular weight excluding hydrogens is 436 g/mol. The van der Waals surface area contributed by atoms with Gasteiger partial charge >= 0.3 is 5.97 Å². The van der Waals surface area contributed by atoms with Crippen molar-refractivity contribution in [2.24, 2.45) is 51.2 Å². The maximum atomic E-state index is 13.2. The third-order valence-corrected chi connectivity index (χ3v) is 12.6. The minimum absolute atomic E-state index is 0.0491. The number of ether oxygens (including phenoxy) is 1. The molecule has 9 atom stereocenters. The SMILES string of the molecule is CC(=O)O[C@H]1CC[C@]2(C)[C@H]3CC[C@@H]4C5=C(C(C)C)C(=O)C[C@]5(C=O)CC[C@@]4(C)[C@]3(C)CC[C@H]2[C@H]1C. The largest absolute Gasteiger partial charge is 0.462 e. The maximum Gasteiger partial charge on any atom is 0.302 e. The summed E-state index contributed by atoms with van der Waals surface area (Å²) in [6.45, 7) is 15.7. The van der Waals surface area contributed by atoms with Gasteiger partial charge in [-0.3, -0.25) is 9.59 Å². The van der Waals surface area contributed by atoms with Gasteiger partial charge in [0.1, 0.15) is 12.4 Å². The van der Waals surface area contributed by atoms with E-state index in [0.717, 1.165) is 44.0 Å². The van der Waals surface area contributed by atoms with Crippen molar-refractivity contribution >= 4 is 18.0 Å². The molecule has 35 heavy (non-hydrogen) atoms. The highest BCUT2D eigenvalue weighted by Gasteiger charge is 2.69. The molecule has 0 aliphatic heterocycles. The lowest BCUT2D eigenvalue weighted by Crippen LogP contribution is -2.64. The number of aldehydes is 1. The number of ketones is 1. The van der Waals surface area contributed by atoms with Gasteiger partial charge in [0.25, 0.3) is 0 Å². The number of carbonyl (C=O) groups is 3. The van der Waals surface area contributed by atoms with Gasteiger partial charge in [-0.05, 0) is 108 Å². The molecule has 0 unspecified atom stereocenters. The van der Waals surface area contributed by atoms with Gasteiger partial charge in [0.15, 0.2) is 5.78 Å². The van der Waals surface area contributed by atoms with Gasteiger partial charge in [-0.15, -0.1) is 0 Å². The van der Waals surface area contributed by atoms with Gasteiger partial charge in [-0.1, -0.05) is 41.5 Å². The van der Waals surface area contributed by atoms with Gasteiger partial charge in [0, 0.05) is 13.3 Å². The number of esters is 1. The predicted molar refractivity (Wildman–Crippen MR) is 136 cm³/mol. The molecule has 0 spiro atoms. The average Bonchev–Trinajstić information content (AvgIpc) is 3.09. The number of allylic oxidation sites excluding steroid dienone is 2. The van der Waals surface area contributed by atoms with Gasteiger partial charge in [0.05, 0.1) is 5.41 Å². The van der Waals surface area contributed by atoms with Crippen LogP contribution in [0.4, 0.5) is 0 Å². The Morgan fingerprint density at radius 3 is 2.34 bits per heavy atom. The van der Waals surface area contributed by atoms with Crippen molar-refractivity contribution in [1.29, 1.82) is 0 Å². The number of hydrogen-bond donors (Lipinski definition) is 0. The molecule has 0 N–H and O–H groups in total. The van der Waals surface area contributed by atoms with Crippen LogP contribution in [0.25, 0.3) is 0 Å². The van der Waals surface area contributed by atoms with E-state index in [1.165, 1.54) is 31.8 Å². The zero-order chi connectivity index (χ0) is 25.6. The van der Waals surface area contributed by atoms with Crippen molar-refractivity contribution in [3.63, 3.8) is 0 Å². The van der Waals surface area contributed by atoms with Crippen LogP contribution in [0.15, 0.2) is 11.1 Å². The average molecular weight is 483 g/mol. The van der Waals surface area contributed by atoms with Crippen molar-refractivity contribution in [3.05, 3.63) is 11.1 Å². The summed E-state index contributed by atoms with van der Waals surface area (Å²) in [5.74, 6) is 2.19. The van der Waals surface area contributed by atoms with Gasteiger partial charge in [-0.25, -0.2) is 0 Å². The summed E-state index contributed by atoms with van der Waals surface area (Å²) >= 11 is 0. The lowest BCUT2D eigenvalue weighted by Gasteiger charge is -2.70. The van der Waals surface area contributed by atoms with E-state index >= 15 is 0 Å². The summed E-state index contributed by atoms with van der Waals surface area (Å²) in [5, 5.41) is 0. The van der Waals surface area contributed by atoms with Crippen LogP contribution >= 0.6 is 0 Å². The minimum atomic E-state index is -0.540. The van der Waals surface area contributed by atoms with Crippen molar-refractivity contribution in [2.45, 2.75) is 112 Å². The molecule has 4 nitrogen and oxygen atoms in total. The molecule has 4 saturated carbocycles. The smallest absolute Gasteiger partial charge is 0.302 e. The summed E-state index contributed by atoms with van der Waals surface area (Å²) in [5.41, 5.74) is 2.24. The second kappa shape index (κ2) is 8.02. The fourth-order valence-electron chi connectivity index (χ4n) is 10.8. The molecule has 5 aliphatic carbocycles. The number of rotatable bonds is 3. The van der Waals surface area contributed by atoms with Crippen LogP contribution in [0.2, 0.25) is 0 Å². The fraction of sp³-hybridized carbons (Fsp3) is 0.839. The lowest BCUT2D eigenvalue weighted by molar-refractivity contribution is -0.214. The molecule has 0 heterocycles. The van der Waals surface area contributed by atoms with Crippen LogP contribution in [-0.2, 0) is 19.1 Å². The molecule has 4 heteroatoms. The highest BCUT2D eigenvalue weighted by molar-refractivity contribution is 6.03. The van der Waals surface area contributed by atoms with Crippen LogP contribution in [-0.4, -0.2) is 24.1 Å². The van der Waals surface area contributed by atoms with E-state index < -0.39 is 5.41 Å². The first-order chi connectivity index (χ1) is 16.3. The van der Waals surface area contributed by atoms with E-state index in [4.69, 9.17) is 4.74 Å². The molecule has 0 aromatic rings. The molecule has 5 rings (SSSR count). The second-order valence-electron chi connectivity index (χ2n) is 14.1. The summed E-state index contributed by atoms with van der Waals surface area (Å²) in [4.78, 5) is 37.5. The molecule has 0 amide bonds. The Balaban J connectivity index is 1.54. The van der Waals surface area contributed by atoms with Crippen LogP contribution in [0, 0.1) is 51.2 Å². The van der Waals surface area contributed by atoms with Gasteiger partial charge < -0.3 is 9.53 Å². The predicted octanol–water partition coefficient (Wildman–Crippen LogP) is 6.71. The first kappa shape index (κ1) is 25.2. The Labute approximate surface area is 212 Å². The molecule has 4 fully saturated rings. The molecular formula is C31H46O4. The minimum Gasteiger partial charge on any atom is -0.462 e. The Hall–Kier alpha value is -1.45. The number of hydrogen-bond acceptors (Lipinski definition) is 4. The number of fused-ring (bicyclic) bond motifs is 7. The van der Waals surface area contributed by atoms with E-state index in [2.05, 4.69) is 41.5 Å². The highest BCUT2D eigenvalue weighted by atomic mass is 16.5. The first-order valence-electron chi connectivity index (χ1n) is 14.3. The van der Waals surface area contributed by atoms with E-state index in [-0.39, 0.29) is 40.0 Å². The topological polar surface area (TPSA) is 60.4 Å². The zero-order valence-electron chi connectivity index (χ0n) is 23.0. The van der Waals surface area contributed by atoms with Gasteiger partial charge in [0.2, 0.25) is 0 Å². The number of Topliss-reactive ketones (excluding diaryl/α,β-unsaturated/α-hetero) is 1. The Bertz CT molecular complexity index is 978. The van der Waals surface area contributed by atoms with Crippen LogP contribution in [0.5, 0.6) is 0 Å². The van der Waals surface area contributed by atoms with E-state index in [1.54, 1.807) is 0 Å².